The van der Waals surface area contributed by atoms with Crippen molar-refractivity contribution in [2.24, 2.45) is 0 Å². The molecule has 0 N–H and O–H groups in total. The Balaban J connectivity index is 1.72. The lowest BCUT2D eigenvalue weighted by molar-refractivity contribution is 0.0984. The molecule has 1 amide bonds. The first-order chi connectivity index (χ1) is 14.6. The van der Waals surface area contributed by atoms with Crippen LogP contribution in [0, 0.1) is 6.92 Å². The third-order valence-electron chi connectivity index (χ3n) is 5.62. The molecule has 0 aliphatic carbocycles. The molecule has 154 valence electrons. The second-order valence-corrected chi connectivity index (χ2v) is 8.47. The Morgan fingerprint density at radius 1 is 0.933 bits per heavy atom. The average Bonchev–Trinajstić information content (AvgIpc) is 3.21. The lowest BCUT2D eigenvalue weighted by atomic mass is 10.1. The van der Waals surface area contributed by atoms with Crippen LogP contribution >= 0.6 is 11.3 Å². The van der Waals surface area contributed by atoms with Gasteiger partial charge in [-0.15, -0.1) is 0 Å². The molecule has 0 atom stereocenters. The standard InChI is InChI=1S/C25H27N3OS/c1-4-27(5-2)15-16-28(25-26-23-18(3)9-8-12-22(23)30-25)24(29)21-14-13-19-10-6-7-11-20(19)17-21/h6-14,17H,4-5,15-16H2,1-3H3. The Kier molecular flexibility index (Phi) is 6.11. The van der Waals surface area contributed by atoms with Crippen LogP contribution in [0.2, 0.25) is 0 Å². The van der Waals surface area contributed by atoms with Gasteiger partial charge in [-0.25, -0.2) is 4.98 Å². The number of carbonyl (C=O) groups excluding carboxylic acids is 1. The van der Waals surface area contributed by atoms with Crippen LogP contribution < -0.4 is 4.90 Å². The molecule has 0 radical (unpaired) electrons. The highest BCUT2D eigenvalue weighted by molar-refractivity contribution is 7.22. The zero-order valence-electron chi connectivity index (χ0n) is 17.8. The van der Waals surface area contributed by atoms with Crippen LogP contribution in [0.25, 0.3) is 21.0 Å². The van der Waals surface area contributed by atoms with Crippen molar-refractivity contribution in [3.63, 3.8) is 0 Å². The largest absolute Gasteiger partial charge is 0.302 e. The van der Waals surface area contributed by atoms with Crippen molar-refractivity contribution in [2.45, 2.75) is 20.8 Å². The van der Waals surface area contributed by atoms with Crippen LogP contribution in [-0.2, 0) is 0 Å². The monoisotopic (exact) mass is 417 g/mol. The van der Waals surface area contributed by atoms with E-state index in [-0.39, 0.29) is 5.91 Å². The molecule has 4 rings (SSSR count). The number of anilines is 1. The topological polar surface area (TPSA) is 36.4 Å². The Labute approximate surface area is 181 Å². The predicted octanol–water partition coefficient (Wildman–Crippen LogP) is 5.75. The van der Waals surface area contributed by atoms with Crippen molar-refractivity contribution >= 4 is 43.4 Å². The molecule has 0 aliphatic heterocycles. The molecule has 1 aromatic heterocycles. The number of hydrogen-bond donors (Lipinski definition) is 0. The minimum atomic E-state index is 0.00428. The fourth-order valence-corrected chi connectivity index (χ4v) is 4.80. The zero-order valence-corrected chi connectivity index (χ0v) is 18.6. The second kappa shape index (κ2) is 8.94. The summed E-state index contributed by atoms with van der Waals surface area (Å²) in [4.78, 5) is 22.7. The van der Waals surface area contributed by atoms with Gasteiger partial charge in [0.2, 0.25) is 0 Å². The molecule has 0 saturated heterocycles. The van der Waals surface area contributed by atoms with E-state index in [1.807, 2.05) is 47.4 Å². The molecule has 0 saturated carbocycles. The number of aryl methyl sites for hydroxylation is 1. The van der Waals surface area contributed by atoms with E-state index in [1.165, 1.54) is 0 Å². The smallest absolute Gasteiger partial charge is 0.260 e. The summed E-state index contributed by atoms with van der Waals surface area (Å²) >= 11 is 1.59. The Morgan fingerprint density at radius 3 is 2.43 bits per heavy atom. The van der Waals surface area contributed by atoms with Crippen LogP contribution in [0.5, 0.6) is 0 Å². The van der Waals surface area contributed by atoms with Crippen LogP contribution in [0.3, 0.4) is 0 Å². The Morgan fingerprint density at radius 2 is 1.70 bits per heavy atom. The molecule has 1 heterocycles. The number of likely N-dealkylation sites (N-methyl/N-ethyl adjacent to an activating group) is 1. The van der Waals surface area contributed by atoms with Crippen LogP contribution in [0.4, 0.5) is 5.13 Å². The number of amides is 1. The predicted molar refractivity (Wildman–Crippen MR) is 128 cm³/mol. The summed E-state index contributed by atoms with van der Waals surface area (Å²) in [7, 11) is 0. The quantitative estimate of drug-likeness (QED) is 0.384. The molecule has 0 aliphatic rings. The summed E-state index contributed by atoms with van der Waals surface area (Å²) < 4.78 is 1.11. The van der Waals surface area contributed by atoms with Gasteiger partial charge in [0.25, 0.3) is 5.91 Å². The van der Waals surface area contributed by atoms with E-state index < -0.39 is 0 Å². The summed E-state index contributed by atoms with van der Waals surface area (Å²) in [6.45, 7) is 9.74. The Hall–Kier alpha value is -2.76. The SMILES string of the molecule is CCN(CC)CCN(C(=O)c1ccc2ccccc2c1)c1nc2c(C)cccc2s1. The third kappa shape index (κ3) is 4.09. The molecule has 0 unspecified atom stereocenters. The maximum absolute atomic E-state index is 13.6. The maximum Gasteiger partial charge on any atom is 0.260 e. The number of para-hydroxylation sites is 1. The van der Waals surface area contributed by atoms with E-state index in [0.717, 1.165) is 51.3 Å². The summed E-state index contributed by atoms with van der Waals surface area (Å²) in [5, 5.41) is 2.98. The zero-order chi connectivity index (χ0) is 21.1. The molecular weight excluding hydrogens is 390 g/mol. The van der Waals surface area contributed by atoms with E-state index in [9.17, 15) is 4.79 Å². The van der Waals surface area contributed by atoms with Gasteiger partial charge in [-0.3, -0.25) is 9.69 Å². The van der Waals surface area contributed by atoms with E-state index in [0.29, 0.717) is 12.1 Å². The van der Waals surface area contributed by atoms with Crippen molar-refractivity contribution < 1.29 is 4.79 Å². The van der Waals surface area contributed by atoms with Crippen LogP contribution in [0.1, 0.15) is 29.8 Å². The van der Waals surface area contributed by atoms with Crippen molar-refractivity contribution in [2.75, 3.05) is 31.1 Å². The molecule has 3 aromatic carbocycles. The number of hydrogen-bond acceptors (Lipinski definition) is 4. The van der Waals surface area contributed by atoms with Gasteiger partial charge in [0, 0.05) is 18.7 Å². The molecule has 0 spiro atoms. The molecule has 30 heavy (non-hydrogen) atoms. The van der Waals surface area contributed by atoms with E-state index in [1.54, 1.807) is 11.3 Å². The van der Waals surface area contributed by atoms with E-state index >= 15 is 0 Å². The second-order valence-electron chi connectivity index (χ2n) is 7.46. The normalized spacial score (nSPS) is 11.5. The van der Waals surface area contributed by atoms with Gasteiger partial charge in [-0.05, 0) is 54.5 Å². The molecular formula is C25H27N3OS. The molecule has 4 aromatic rings. The summed E-state index contributed by atoms with van der Waals surface area (Å²) in [6, 6.07) is 20.3. The fraction of sp³-hybridized carbons (Fsp3) is 0.280. The van der Waals surface area contributed by atoms with Crippen molar-refractivity contribution in [1.29, 1.82) is 0 Å². The first-order valence-corrected chi connectivity index (χ1v) is 11.3. The highest BCUT2D eigenvalue weighted by Gasteiger charge is 2.22. The van der Waals surface area contributed by atoms with E-state index in [4.69, 9.17) is 4.98 Å². The van der Waals surface area contributed by atoms with Crippen LogP contribution in [-0.4, -0.2) is 42.0 Å². The summed E-state index contributed by atoms with van der Waals surface area (Å²) in [6.07, 6.45) is 0. The highest BCUT2D eigenvalue weighted by Crippen LogP contribution is 2.31. The molecule has 4 nitrogen and oxygen atoms in total. The number of nitrogens with zero attached hydrogens (tertiary/aromatic N) is 3. The number of aromatic nitrogens is 1. The highest BCUT2D eigenvalue weighted by atomic mass is 32.1. The molecule has 0 fully saturated rings. The first-order valence-electron chi connectivity index (χ1n) is 10.5. The fourth-order valence-electron chi connectivity index (χ4n) is 3.73. The maximum atomic E-state index is 13.6. The van der Waals surface area contributed by atoms with Gasteiger partial charge >= 0.3 is 0 Å². The van der Waals surface area contributed by atoms with Gasteiger partial charge in [0.1, 0.15) is 0 Å². The van der Waals surface area contributed by atoms with Crippen molar-refractivity contribution in [3.05, 3.63) is 71.8 Å². The van der Waals surface area contributed by atoms with Crippen molar-refractivity contribution in [3.8, 4) is 0 Å². The van der Waals surface area contributed by atoms with Gasteiger partial charge < -0.3 is 4.90 Å². The minimum absolute atomic E-state index is 0.00428. The number of rotatable bonds is 7. The minimum Gasteiger partial charge on any atom is -0.302 e. The Bertz CT molecular complexity index is 1180. The summed E-state index contributed by atoms with van der Waals surface area (Å²) in [5.41, 5.74) is 2.82. The number of thiazole rings is 1. The molecule has 5 heteroatoms. The number of carbonyl (C=O) groups is 1. The van der Waals surface area contributed by atoms with Gasteiger partial charge in [-0.2, -0.15) is 0 Å². The van der Waals surface area contributed by atoms with Gasteiger partial charge in [0.15, 0.2) is 5.13 Å². The van der Waals surface area contributed by atoms with Gasteiger partial charge in [0.05, 0.1) is 10.2 Å². The van der Waals surface area contributed by atoms with Crippen LogP contribution in [0.15, 0.2) is 60.7 Å². The third-order valence-corrected chi connectivity index (χ3v) is 6.66. The average molecular weight is 418 g/mol. The lowest BCUT2D eigenvalue weighted by Gasteiger charge is -2.25. The van der Waals surface area contributed by atoms with E-state index in [2.05, 4.69) is 43.9 Å². The first kappa shape index (κ1) is 20.5. The van der Waals surface area contributed by atoms with Gasteiger partial charge in [-0.1, -0.05) is 67.6 Å². The molecule has 0 bridgehead atoms. The van der Waals surface area contributed by atoms with Crippen molar-refractivity contribution in [1.82, 2.24) is 9.88 Å². The summed E-state index contributed by atoms with van der Waals surface area (Å²) in [5.74, 6) is 0.00428. The lowest BCUT2D eigenvalue weighted by Crippen LogP contribution is -2.38. The number of benzene rings is 3. The number of fused-ring (bicyclic) bond motifs is 2.